The number of nitrogens with one attached hydrogen (secondary N) is 2. The normalized spacial score (nSPS) is 16.0. The van der Waals surface area contributed by atoms with Crippen LogP contribution in [0.5, 0.6) is 5.75 Å². The fourth-order valence-electron chi connectivity index (χ4n) is 2.48. The molecule has 2 N–H and O–H groups in total. The number of rotatable bonds is 9. The lowest BCUT2D eigenvalue weighted by Crippen LogP contribution is -2.39. The third-order valence-electron chi connectivity index (χ3n) is 4.28. The summed E-state index contributed by atoms with van der Waals surface area (Å²) in [5.74, 6) is 1.37. The first-order valence-corrected chi connectivity index (χ1v) is 9.03. The Labute approximate surface area is 150 Å². The maximum absolute atomic E-state index is 14.2. The van der Waals surface area contributed by atoms with E-state index in [0.29, 0.717) is 18.3 Å². The molecule has 1 aliphatic carbocycles. The summed E-state index contributed by atoms with van der Waals surface area (Å²) in [5, 5.41) is 6.58. The van der Waals surface area contributed by atoms with Gasteiger partial charge in [0.2, 0.25) is 0 Å². The van der Waals surface area contributed by atoms with Crippen molar-refractivity contribution < 1.29 is 9.13 Å². The second kappa shape index (κ2) is 9.61. The molecule has 0 bridgehead atoms. The van der Waals surface area contributed by atoms with Crippen molar-refractivity contribution in [1.82, 2.24) is 15.5 Å². The van der Waals surface area contributed by atoms with Gasteiger partial charge < -0.3 is 20.3 Å². The van der Waals surface area contributed by atoms with Crippen molar-refractivity contribution in [3.8, 4) is 5.75 Å². The molecule has 2 rings (SSSR count). The zero-order valence-corrected chi connectivity index (χ0v) is 15.8. The van der Waals surface area contributed by atoms with Crippen LogP contribution in [0.3, 0.4) is 0 Å². The third kappa shape index (κ3) is 6.90. The average Bonchev–Trinajstić information content (AvgIpc) is 3.40. The van der Waals surface area contributed by atoms with Crippen LogP contribution in [0, 0.1) is 11.7 Å². The minimum Gasteiger partial charge on any atom is -0.490 e. The maximum atomic E-state index is 14.2. The monoisotopic (exact) mass is 350 g/mol. The molecular weight excluding hydrogens is 319 g/mol. The maximum Gasteiger partial charge on any atom is 0.191 e. The van der Waals surface area contributed by atoms with E-state index in [1.165, 1.54) is 12.8 Å². The van der Waals surface area contributed by atoms with Crippen molar-refractivity contribution in [2.24, 2.45) is 10.9 Å². The number of hydrogen-bond acceptors (Lipinski definition) is 3. The lowest BCUT2D eigenvalue weighted by Gasteiger charge is -2.19. The molecule has 1 aliphatic rings. The van der Waals surface area contributed by atoms with Crippen LogP contribution in [-0.2, 0) is 0 Å². The molecular formula is C19H31FN4O. The molecule has 0 aliphatic heterocycles. The Hall–Kier alpha value is -1.82. The Kier molecular flexibility index (Phi) is 7.50. The Balaban J connectivity index is 1.83. The van der Waals surface area contributed by atoms with Crippen molar-refractivity contribution in [2.45, 2.75) is 32.2 Å². The van der Waals surface area contributed by atoms with Crippen LogP contribution in [0.25, 0.3) is 0 Å². The molecule has 1 aromatic rings. The number of benzene rings is 1. The number of aliphatic imine (C=N–C) groups is 1. The van der Waals surface area contributed by atoms with Crippen molar-refractivity contribution in [2.75, 3.05) is 40.8 Å². The number of guanidine groups is 1. The van der Waals surface area contributed by atoms with E-state index in [4.69, 9.17) is 4.74 Å². The van der Waals surface area contributed by atoms with E-state index < -0.39 is 0 Å². The van der Waals surface area contributed by atoms with Crippen molar-refractivity contribution in [1.29, 1.82) is 0 Å². The summed E-state index contributed by atoms with van der Waals surface area (Å²) in [7, 11) is 5.85. The van der Waals surface area contributed by atoms with E-state index in [1.807, 2.05) is 13.0 Å². The minimum atomic E-state index is -0.305. The van der Waals surface area contributed by atoms with Gasteiger partial charge in [-0.15, -0.1) is 0 Å². The second-order valence-corrected chi connectivity index (χ2v) is 6.97. The quantitative estimate of drug-likeness (QED) is 0.408. The molecule has 0 saturated heterocycles. The molecule has 6 heteroatoms. The molecule has 0 aromatic heterocycles. The van der Waals surface area contributed by atoms with Gasteiger partial charge in [-0.25, -0.2) is 4.39 Å². The molecule has 140 valence electrons. The molecule has 1 atom stereocenters. The average molecular weight is 350 g/mol. The molecule has 5 nitrogen and oxygen atoms in total. The van der Waals surface area contributed by atoms with E-state index >= 15 is 0 Å². The fourth-order valence-corrected chi connectivity index (χ4v) is 2.48. The zero-order chi connectivity index (χ0) is 18.2. The predicted molar refractivity (Wildman–Crippen MR) is 101 cm³/mol. The summed E-state index contributed by atoms with van der Waals surface area (Å²) in [5.41, 5.74) is 0.868. The van der Waals surface area contributed by atoms with E-state index in [0.717, 1.165) is 31.0 Å². The molecule has 0 amide bonds. The highest BCUT2D eigenvalue weighted by atomic mass is 19.1. The van der Waals surface area contributed by atoms with E-state index in [1.54, 1.807) is 19.2 Å². The van der Waals surface area contributed by atoms with Gasteiger partial charge in [0.15, 0.2) is 17.5 Å². The van der Waals surface area contributed by atoms with Crippen molar-refractivity contribution in [3.05, 3.63) is 29.6 Å². The smallest absolute Gasteiger partial charge is 0.191 e. The first kappa shape index (κ1) is 19.5. The van der Waals surface area contributed by atoms with Crippen LogP contribution >= 0.6 is 0 Å². The summed E-state index contributed by atoms with van der Waals surface area (Å²) in [6.07, 6.45) is 3.42. The van der Waals surface area contributed by atoms with Crippen LogP contribution in [0.2, 0.25) is 0 Å². The van der Waals surface area contributed by atoms with Gasteiger partial charge in [0, 0.05) is 13.6 Å². The van der Waals surface area contributed by atoms with Crippen LogP contribution in [0.15, 0.2) is 23.2 Å². The second-order valence-electron chi connectivity index (χ2n) is 6.97. The van der Waals surface area contributed by atoms with Gasteiger partial charge in [0.05, 0.1) is 12.6 Å². The Bertz CT molecular complexity index is 573. The SMILES string of the molecule is CN=C(NCCCN(C)C)NC(C)c1ccc(OCC2CC2)c(F)c1. The molecule has 1 unspecified atom stereocenters. The Morgan fingerprint density at radius 1 is 1.40 bits per heavy atom. The van der Waals surface area contributed by atoms with E-state index in [2.05, 4.69) is 34.6 Å². The number of nitrogens with zero attached hydrogens (tertiary/aromatic N) is 2. The summed E-state index contributed by atoms with van der Waals surface area (Å²) in [4.78, 5) is 6.38. The van der Waals surface area contributed by atoms with Crippen molar-refractivity contribution in [3.63, 3.8) is 0 Å². The topological polar surface area (TPSA) is 48.9 Å². The van der Waals surface area contributed by atoms with Gasteiger partial charge in [-0.05, 0) is 70.4 Å². The fraction of sp³-hybridized carbons (Fsp3) is 0.632. The number of hydrogen-bond donors (Lipinski definition) is 2. The molecule has 1 aromatic carbocycles. The summed E-state index contributed by atoms with van der Waals surface area (Å²) in [6, 6.07) is 5.12. The van der Waals surface area contributed by atoms with Gasteiger partial charge in [-0.3, -0.25) is 4.99 Å². The van der Waals surface area contributed by atoms with Crippen LogP contribution in [-0.4, -0.2) is 51.7 Å². The van der Waals surface area contributed by atoms with Gasteiger partial charge in [0.25, 0.3) is 0 Å². The summed E-state index contributed by atoms with van der Waals surface area (Å²) >= 11 is 0. The molecule has 25 heavy (non-hydrogen) atoms. The molecule has 1 fully saturated rings. The highest BCUT2D eigenvalue weighted by Gasteiger charge is 2.22. The number of ether oxygens (including phenoxy) is 1. The third-order valence-corrected chi connectivity index (χ3v) is 4.28. The first-order valence-electron chi connectivity index (χ1n) is 9.03. The van der Waals surface area contributed by atoms with Gasteiger partial charge in [0.1, 0.15) is 0 Å². The van der Waals surface area contributed by atoms with Crippen LogP contribution in [0.1, 0.15) is 37.8 Å². The largest absolute Gasteiger partial charge is 0.490 e. The van der Waals surface area contributed by atoms with E-state index in [9.17, 15) is 4.39 Å². The summed E-state index contributed by atoms with van der Waals surface area (Å²) in [6.45, 7) is 4.47. The lowest BCUT2D eigenvalue weighted by molar-refractivity contribution is 0.285. The van der Waals surface area contributed by atoms with Crippen LogP contribution in [0.4, 0.5) is 4.39 Å². The minimum absolute atomic E-state index is 0.0490. The van der Waals surface area contributed by atoms with Crippen LogP contribution < -0.4 is 15.4 Å². The first-order chi connectivity index (χ1) is 12.0. The Morgan fingerprint density at radius 3 is 2.76 bits per heavy atom. The molecule has 1 saturated carbocycles. The molecule has 0 spiro atoms. The zero-order valence-electron chi connectivity index (χ0n) is 15.8. The van der Waals surface area contributed by atoms with Gasteiger partial charge in [-0.1, -0.05) is 6.07 Å². The molecule has 0 heterocycles. The standard InChI is InChI=1S/C19H31FN4O/c1-14(23-19(21-2)22-10-5-11-24(3)4)16-8-9-18(17(20)12-16)25-13-15-6-7-15/h8-9,12,14-15H,5-7,10-11,13H2,1-4H3,(H2,21,22,23). The number of halogens is 1. The highest BCUT2D eigenvalue weighted by molar-refractivity contribution is 5.80. The van der Waals surface area contributed by atoms with Gasteiger partial charge >= 0.3 is 0 Å². The molecule has 0 radical (unpaired) electrons. The highest BCUT2D eigenvalue weighted by Crippen LogP contribution is 2.30. The van der Waals surface area contributed by atoms with E-state index in [-0.39, 0.29) is 11.9 Å². The predicted octanol–water partition coefficient (Wildman–Crippen LogP) is 2.79. The summed E-state index contributed by atoms with van der Waals surface area (Å²) < 4.78 is 19.8. The van der Waals surface area contributed by atoms with Crippen molar-refractivity contribution >= 4 is 5.96 Å². The van der Waals surface area contributed by atoms with Gasteiger partial charge in [-0.2, -0.15) is 0 Å². The lowest BCUT2D eigenvalue weighted by atomic mass is 10.1. The Morgan fingerprint density at radius 2 is 2.16 bits per heavy atom.